The van der Waals surface area contributed by atoms with Crippen LogP contribution in [0.2, 0.25) is 0 Å². The summed E-state index contributed by atoms with van der Waals surface area (Å²) < 4.78 is 12.2. The third-order valence-corrected chi connectivity index (χ3v) is 6.27. The number of benzene rings is 1. The third-order valence-electron chi connectivity index (χ3n) is 6.27. The molecule has 4 rings (SSSR count). The molecule has 1 aliphatic carbocycles. The van der Waals surface area contributed by atoms with Crippen molar-refractivity contribution in [2.75, 3.05) is 0 Å². The normalized spacial score (nSPS) is 39.6. The number of hydrogen-bond donors (Lipinski definition) is 1. The Bertz CT molecular complexity index is 879. The van der Waals surface area contributed by atoms with E-state index in [-0.39, 0.29) is 5.90 Å². The van der Waals surface area contributed by atoms with Crippen LogP contribution in [-0.4, -0.2) is 11.7 Å². The molecule has 0 unspecified atom stereocenters. The fourth-order valence-corrected chi connectivity index (χ4v) is 4.96. The molecule has 26 heavy (non-hydrogen) atoms. The van der Waals surface area contributed by atoms with Crippen molar-refractivity contribution in [2.45, 2.75) is 38.1 Å². The topological polar surface area (TPSA) is 114 Å². The Labute approximate surface area is 152 Å². The molecule has 2 aliphatic heterocycles. The average molecular weight is 346 g/mol. The summed E-state index contributed by atoms with van der Waals surface area (Å²) in [6.07, 6.45) is 1.02. The van der Waals surface area contributed by atoms with Gasteiger partial charge in [0.15, 0.2) is 5.41 Å². The van der Waals surface area contributed by atoms with E-state index in [9.17, 15) is 15.8 Å². The summed E-state index contributed by atoms with van der Waals surface area (Å²) in [6, 6.07) is 15.4. The molecule has 3 aliphatic rings. The zero-order chi connectivity index (χ0) is 18.6. The van der Waals surface area contributed by atoms with E-state index in [0.29, 0.717) is 24.3 Å². The summed E-state index contributed by atoms with van der Waals surface area (Å²) >= 11 is 0. The van der Waals surface area contributed by atoms with Gasteiger partial charge in [0.1, 0.15) is 6.10 Å². The van der Waals surface area contributed by atoms with Gasteiger partial charge in [0, 0.05) is 6.42 Å². The minimum atomic E-state index is -1.85. The van der Waals surface area contributed by atoms with Crippen molar-refractivity contribution < 1.29 is 9.47 Å². The molecule has 1 aromatic rings. The molecular formula is C20H18N4O2. The van der Waals surface area contributed by atoms with E-state index in [1.54, 1.807) is 24.3 Å². The van der Waals surface area contributed by atoms with Crippen LogP contribution in [0.5, 0.6) is 0 Å². The fraction of sp³-hybridized carbons (Fsp3) is 0.500. The van der Waals surface area contributed by atoms with Crippen LogP contribution in [0.15, 0.2) is 30.3 Å². The van der Waals surface area contributed by atoms with Crippen molar-refractivity contribution in [1.29, 1.82) is 21.2 Å². The summed E-state index contributed by atoms with van der Waals surface area (Å²) in [6.45, 7) is 2.07. The van der Waals surface area contributed by atoms with Crippen molar-refractivity contribution in [3.05, 3.63) is 35.9 Å². The molecule has 0 radical (unpaired) electrons. The third kappa shape index (κ3) is 1.69. The predicted molar refractivity (Wildman–Crippen MR) is 90.0 cm³/mol. The lowest BCUT2D eigenvalue weighted by molar-refractivity contribution is -0.298. The highest BCUT2D eigenvalue weighted by molar-refractivity contribution is 5.89. The second kappa shape index (κ2) is 5.31. The second-order valence-electron chi connectivity index (χ2n) is 7.54. The van der Waals surface area contributed by atoms with E-state index in [0.717, 1.165) is 6.42 Å². The van der Waals surface area contributed by atoms with Crippen molar-refractivity contribution >= 4 is 5.90 Å². The SMILES string of the molecule is C[C@@H]1CC[C@@]23OC(=N)[C@@](C#N)([C@@H]2C1)C(C#N)(C#N)[C@H](c1ccccc1)O3. The number of nitriles is 3. The van der Waals surface area contributed by atoms with Gasteiger partial charge in [-0.1, -0.05) is 37.3 Å². The van der Waals surface area contributed by atoms with Gasteiger partial charge in [-0.2, -0.15) is 15.8 Å². The molecule has 3 fully saturated rings. The lowest BCUT2D eigenvalue weighted by Gasteiger charge is -2.52. The van der Waals surface area contributed by atoms with Gasteiger partial charge >= 0.3 is 0 Å². The molecule has 6 nitrogen and oxygen atoms in total. The highest BCUT2D eigenvalue weighted by atomic mass is 16.7. The van der Waals surface area contributed by atoms with Gasteiger partial charge in [-0.05, 0) is 24.3 Å². The Morgan fingerprint density at radius 1 is 1.12 bits per heavy atom. The van der Waals surface area contributed by atoms with Crippen molar-refractivity contribution in [3.63, 3.8) is 0 Å². The summed E-state index contributed by atoms with van der Waals surface area (Å²) in [5.41, 5.74) is -2.84. The maximum absolute atomic E-state index is 10.2. The molecule has 2 heterocycles. The van der Waals surface area contributed by atoms with Gasteiger partial charge in [-0.15, -0.1) is 0 Å². The van der Waals surface area contributed by atoms with E-state index < -0.39 is 28.6 Å². The lowest BCUT2D eigenvalue weighted by Crippen LogP contribution is -2.60. The largest absolute Gasteiger partial charge is 0.447 e. The van der Waals surface area contributed by atoms with Gasteiger partial charge < -0.3 is 9.47 Å². The first-order valence-electron chi connectivity index (χ1n) is 8.74. The van der Waals surface area contributed by atoms with E-state index in [1.165, 1.54) is 0 Å². The van der Waals surface area contributed by atoms with Crippen LogP contribution < -0.4 is 0 Å². The summed E-state index contributed by atoms with van der Waals surface area (Å²) in [5, 5.41) is 38.9. The Morgan fingerprint density at radius 2 is 1.81 bits per heavy atom. The van der Waals surface area contributed by atoms with Crippen LogP contribution >= 0.6 is 0 Å². The van der Waals surface area contributed by atoms with Crippen LogP contribution in [0.4, 0.5) is 0 Å². The molecule has 1 N–H and O–H groups in total. The van der Waals surface area contributed by atoms with E-state index in [4.69, 9.17) is 14.9 Å². The molecule has 130 valence electrons. The molecular weight excluding hydrogens is 328 g/mol. The Morgan fingerprint density at radius 3 is 2.42 bits per heavy atom. The lowest BCUT2D eigenvalue weighted by atomic mass is 9.51. The number of hydrogen-bond acceptors (Lipinski definition) is 6. The van der Waals surface area contributed by atoms with E-state index in [2.05, 4.69) is 25.1 Å². The minimum absolute atomic E-state index is 0.305. The van der Waals surface area contributed by atoms with Gasteiger partial charge in [0.25, 0.3) is 0 Å². The standard InChI is InChI=1S/C20H18N4O2/c1-13-7-8-20-15(9-13)19(12-23,17(24)26-20)18(10-21,11-22)16(25-20)14-5-3-2-4-6-14/h2-6,13,15-16,24H,7-9H2,1H3/t13-,15+,16+,19-,20-/m1/s1. The molecule has 0 amide bonds. The van der Waals surface area contributed by atoms with Crippen molar-refractivity contribution in [1.82, 2.24) is 0 Å². The average Bonchev–Trinajstić information content (AvgIpc) is 2.86. The first kappa shape index (κ1) is 16.6. The van der Waals surface area contributed by atoms with Crippen molar-refractivity contribution in [2.24, 2.45) is 22.7 Å². The summed E-state index contributed by atoms with van der Waals surface area (Å²) in [4.78, 5) is 0. The molecule has 5 atom stereocenters. The Balaban J connectivity index is 2.00. The van der Waals surface area contributed by atoms with Gasteiger partial charge in [0.05, 0.1) is 24.1 Å². The van der Waals surface area contributed by atoms with Gasteiger partial charge in [0.2, 0.25) is 17.1 Å². The molecule has 2 bridgehead atoms. The Kier molecular flexibility index (Phi) is 3.38. The van der Waals surface area contributed by atoms with Crippen LogP contribution in [0.25, 0.3) is 0 Å². The minimum Gasteiger partial charge on any atom is -0.447 e. The molecule has 0 aromatic heterocycles. The first-order valence-corrected chi connectivity index (χ1v) is 8.74. The second-order valence-corrected chi connectivity index (χ2v) is 7.54. The monoisotopic (exact) mass is 346 g/mol. The predicted octanol–water partition coefficient (Wildman–Crippen LogP) is 3.44. The van der Waals surface area contributed by atoms with Crippen LogP contribution in [0, 0.1) is 62.1 Å². The molecule has 0 spiro atoms. The summed E-state index contributed by atoms with van der Waals surface area (Å²) in [5.74, 6) is -1.62. The highest BCUT2D eigenvalue weighted by Crippen LogP contribution is 2.69. The number of nitrogens with one attached hydrogen (secondary N) is 1. The van der Waals surface area contributed by atoms with Crippen LogP contribution in [-0.2, 0) is 9.47 Å². The molecule has 6 heteroatoms. The number of nitrogens with zero attached hydrogens (tertiary/aromatic N) is 3. The van der Waals surface area contributed by atoms with Crippen LogP contribution in [0.1, 0.15) is 37.9 Å². The van der Waals surface area contributed by atoms with Gasteiger partial charge in [-0.25, -0.2) is 0 Å². The smallest absolute Gasteiger partial charge is 0.217 e. The molecule has 1 saturated carbocycles. The highest BCUT2D eigenvalue weighted by Gasteiger charge is 2.80. The maximum atomic E-state index is 10.2. The molecule has 1 aromatic carbocycles. The fourth-order valence-electron chi connectivity index (χ4n) is 4.96. The van der Waals surface area contributed by atoms with E-state index in [1.807, 2.05) is 6.07 Å². The zero-order valence-corrected chi connectivity index (χ0v) is 14.4. The quantitative estimate of drug-likeness (QED) is 0.836. The van der Waals surface area contributed by atoms with E-state index >= 15 is 0 Å². The first-order chi connectivity index (χ1) is 12.5. The van der Waals surface area contributed by atoms with Gasteiger partial charge in [-0.3, -0.25) is 5.41 Å². The van der Waals surface area contributed by atoms with Crippen LogP contribution in [0.3, 0.4) is 0 Å². The molecule has 2 saturated heterocycles. The number of ether oxygens (including phenoxy) is 2. The summed E-state index contributed by atoms with van der Waals surface area (Å²) in [7, 11) is 0. The van der Waals surface area contributed by atoms with Crippen molar-refractivity contribution in [3.8, 4) is 18.2 Å². The maximum Gasteiger partial charge on any atom is 0.217 e. The zero-order valence-electron chi connectivity index (χ0n) is 14.4. The number of rotatable bonds is 1. The Hall–Kier alpha value is -2.88.